The molecule has 1 aromatic rings. The fourth-order valence-electron chi connectivity index (χ4n) is 1.08. The van der Waals surface area contributed by atoms with Crippen molar-refractivity contribution in [3.05, 3.63) is 29.8 Å². The Hall–Kier alpha value is -0.390. The topological polar surface area (TPSA) is 9.23 Å². The summed E-state index contributed by atoms with van der Waals surface area (Å²) in [5.74, 6) is 0.954. The minimum absolute atomic E-state index is 0.0848. The predicted octanol–water partition coefficient (Wildman–Crippen LogP) is 4.10. The van der Waals surface area contributed by atoms with Gasteiger partial charge in [-0.1, -0.05) is 12.1 Å². The maximum absolute atomic E-state index is 11.7. The number of alkyl halides is 4. The number of benzene rings is 1. The summed E-state index contributed by atoms with van der Waals surface area (Å²) in [4.78, 5) is 0.995. The van der Waals surface area contributed by atoms with Gasteiger partial charge in [0, 0.05) is 16.5 Å². The van der Waals surface area contributed by atoms with E-state index >= 15 is 0 Å². The van der Waals surface area contributed by atoms with Crippen LogP contribution >= 0.6 is 23.4 Å². The highest BCUT2D eigenvalue weighted by molar-refractivity contribution is 7.99. The Morgan fingerprint density at radius 2 is 1.82 bits per heavy atom. The van der Waals surface area contributed by atoms with Crippen molar-refractivity contribution in [3.63, 3.8) is 0 Å². The molecule has 0 aliphatic rings. The lowest BCUT2D eigenvalue weighted by atomic mass is 10.2. The highest BCUT2D eigenvalue weighted by Gasteiger charge is 2.27. The molecule has 0 aliphatic heterocycles. The molecule has 0 fully saturated rings. The number of halogens is 4. The minimum atomic E-state index is -4.24. The number of hydrogen-bond donors (Lipinski definition) is 0. The van der Waals surface area contributed by atoms with Crippen LogP contribution in [0.5, 0.6) is 0 Å². The largest absolute Gasteiger partial charge is 0.411 e. The molecule has 96 valence electrons. The molecule has 0 atom stereocenters. The monoisotopic (exact) mass is 284 g/mol. The maximum atomic E-state index is 11.7. The summed E-state index contributed by atoms with van der Waals surface area (Å²) in [6.45, 7) is -1.10. The summed E-state index contributed by atoms with van der Waals surface area (Å²) in [5.41, 5.74) is 1.02. The van der Waals surface area contributed by atoms with Gasteiger partial charge in [-0.15, -0.1) is 23.4 Å². The van der Waals surface area contributed by atoms with Crippen molar-refractivity contribution in [2.24, 2.45) is 0 Å². The Labute approximate surface area is 107 Å². The fraction of sp³-hybridized carbons (Fsp3) is 0.455. The highest BCUT2D eigenvalue weighted by atomic mass is 35.5. The number of thioether (sulfide) groups is 1. The molecule has 0 amide bonds. The molecule has 0 aromatic heterocycles. The summed E-state index contributed by atoms with van der Waals surface area (Å²) >= 11 is 7.09. The lowest BCUT2D eigenvalue weighted by Crippen LogP contribution is -2.17. The highest BCUT2D eigenvalue weighted by Crippen LogP contribution is 2.19. The lowest BCUT2D eigenvalue weighted by Gasteiger charge is -2.07. The van der Waals surface area contributed by atoms with Gasteiger partial charge in [0.2, 0.25) is 0 Å². The molecule has 1 rings (SSSR count). The average Bonchev–Trinajstić information content (AvgIpc) is 2.28. The molecule has 17 heavy (non-hydrogen) atoms. The van der Waals surface area contributed by atoms with Crippen LogP contribution in [0.1, 0.15) is 5.56 Å². The van der Waals surface area contributed by atoms with Crippen LogP contribution in [0, 0.1) is 0 Å². The Kier molecular flexibility index (Phi) is 6.16. The van der Waals surface area contributed by atoms with Crippen molar-refractivity contribution in [3.8, 4) is 0 Å². The standard InChI is InChI=1S/C11H12ClF3OS/c12-7-9-1-3-10(4-2-9)17-6-5-16-8-11(13,14)15/h1-4H,5-8H2. The second-order valence-corrected chi connectivity index (χ2v) is 4.73. The van der Waals surface area contributed by atoms with Gasteiger partial charge < -0.3 is 4.74 Å². The molecular formula is C11H12ClF3OS. The molecule has 0 heterocycles. The second kappa shape index (κ2) is 7.13. The maximum Gasteiger partial charge on any atom is 0.411 e. The van der Waals surface area contributed by atoms with Gasteiger partial charge in [0.25, 0.3) is 0 Å². The van der Waals surface area contributed by atoms with E-state index in [2.05, 4.69) is 4.74 Å². The summed E-state index contributed by atoms with van der Waals surface area (Å²) in [7, 11) is 0. The Bertz CT molecular complexity index is 326. The van der Waals surface area contributed by atoms with Gasteiger partial charge in [0.1, 0.15) is 6.61 Å². The molecule has 0 N–H and O–H groups in total. The normalized spacial score (nSPS) is 11.8. The first kappa shape index (κ1) is 14.7. The third-order valence-corrected chi connectivity index (χ3v) is 3.12. The average molecular weight is 285 g/mol. The van der Waals surface area contributed by atoms with E-state index in [1.807, 2.05) is 24.3 Å². The van der Waals surface area contributed by atoms with Crippen molar-refractivity contribution < 1.29 is 17.9 Å². The van der Waals surface area contributed by atoms with Crippen LogP contribution in [0.3, 0.4) is 0 Å². The smallest absolute Gasteiger partial charge is 0.371 e. The van der Waals surface area contributed by atoms with E-state index in [1.54, 1.807) is 0 Å². The summed E-state index contributed by atoms with van der Waals surface area (Å²) in [6, 6.07) is 7.58. The van der Waals surface area contributed by atoms with Crippen molar-refractivity contribution in [2.45, 2.75) is 17.0 Å². The lowest BCUT2D eigenvalue weighted by molar-refractivity contribution is -0.172. The van der Waals surface area contributed by atoms with Crippen LogP contribution in [0.4, 0.5) is 13.2 Å². The van der Waals surface area contributed by atoms with Gasteiger partial charge in [-0.3, -0.25) is 0 Å². The van der Waals surface area contributed by atoms with Crippen LogP contribution in [0.2, 0.25) is 0 Å². The van der Waals surface area contributed by atoms with Gasteiger partial charge in [-0.2, -0.15) is 13.2 Å². The molecule has 0 saturated heterocycles. The van der Waals surface area contributed by atoms with Crippen LogP contribution in [-0.2, 0) is 10.6 Å². The van der Waals surface area contributed by atoms with E-state index in [-0.39, 0.29) is 6.61 Å². The predicted molar refractivity (Wildman–Crippen MR) is 63.6 cm³/mol. The summed E-state index contributed by atoms with van der Waals surface area (Å²) in [6.07, 6.45) is -4.24. The molecule has 1 aromatic carbocycles. The van der Waals surface area contributed by atoms with Gasteiger partial charge in [0.05, 0.1) is 6.61 Å². The third-order valence-electron chi connectivity index (χ3n) is 1.84. The first-order valence-corrected chi connectivity index (χ1v) is 6.45. The number of ether oxygens (including phenoxy) is 1. The van der Waals surface area contributed by atoms with Crippen molar-refractivity contribution in [1.29, 1.82) is 0 Å². The second-order valence-electron chi connectivity index (χ2n) is 3.29. The first-order valence-electron chi connectivity index (χ1n) is 4.93. The van der Waals surface area contributed by atoms with Gasteiger partial charge in [0.15, 0.2) is 0 Å². The zero-order valence-corrected chi connectivity index (χ0v) is 10.5. The van der Waals surface area contributed by atoms with Gasteiger partial charge >= 0.3 is 6.18 Å². The quantitative estimate of drug-likeness (QED) is 0.442. The summed E-state index contributed by atoms with van der Waals surface area (Å²) in [5, 5.41) is 0. The minimum Gasteiger partial charge on any atom is -0.371 e. The number of rotatable bonds is 6. The Balaban J connectivity index is 2.18. The van der Waals surface area contributed by atoms with Crippen molar-refractivity contribution in [1.82, 2.24) is 0 Å². The SMILES string of the molecule is FC(F)(F)COCCSc1ccc(CCl)cc1. The van der Waals surface area contributed by atoms with E-state index in [4.69, 9.17) is 11.6 Å². The van der Waals surface area contributed by atoms with Crippen LogP contribution < -0.4 is 0 Å². The van der Waals surface area contributed by atoms with Gasteiger partial charge in [-0.05, 0) is 17.7 Å². The third kappa shape index (κ3) is 6.81. The van der Waals surface area contributed by atoms with Crippen LogP contribution in [0.15, 0.2) is 29.2 Å². The zero-order valence-electron chi connectivity index (χ0n) is 8.97. The van der Waals surface area contributed by atoms with E-state index < -0.39 is 12.8 Å². The molecule has 0 saturated carbocycles. The Morgan fingerprint density at radius 1 is 1.18 bits per heavy atom. The number of hydrogen-bond acceptors (Lipinski definition) is 2. The van der Waals surface area contributed by atoms with Crippen molar-refractivity contribution in [2.75, 3.05) is 19.0 Å². The van der Waals surface area contributed by atoms with Crippen LogP contribution in [-0.4, -0.2) is 25.1 Å². The molecule has 0 radical (unpaired) electrons. The van der Waals surface area contributed by atoms with Crippen LogP contribution in [0.25, 0.3) is 0 Å². The molecule has 6 heteroatoms. The van der Waals surface area contributed by atoms with E-state index in [1.165, 1.54) is 11.8 Å². The molecular weight excluding hydrogens is 273 g/mol. The molecule has 0 spiro atoms. The van der Waals surface area contributed by atoms with E-state index in [9.17, 15) is 13.2 Å². The molecule has 0 bridgehead atoms. The zero-order chi connectivity index (χ0) is 12.7. The van der Waals surface area contributed by atoms with E-state index in [0.29, 0.717) is 11.6 Å². The first-order chi connectivity index (χ1) is 8.01. The summed E-state index contributed by atoms with van der Waals surface area (Å²) < 4.78 is 39.7. The Morgan fingerprint density at radius 3 is 2.35 bits per heavy atom. The van der Waals surface area contributed by atoms with Crippen molar-refractivity contribution >= 4 is 23.4 Å². The fourth-order valence-corrected chi connectivity index (χ4v) is 2.02. The molecule has 1 nitrogen and oxygen atoms in total. The molecule has 0 aliphatic carbocycles. The molecule has 0 unspecified atom stereocenters. The van der Waals surface area contributed by atoms with E-state index in [0.717, 1.165) is 10.5 Å². The van der Waals surface area contributed by atoms with Gasteiger partial charge in [-0.25, -0.2) is 0 Å².